The Morgan fingerprint density at radius 1 is 1.00 bits per heavy atom. The number of alkyl halides is 1. The standard InChI is InChI=1S/C17H17ClN2O/c1-17(2,12-6-4-3-5-7-12)15(18)11-8-9-13-14(10-11)20-16(21)19-13/h3-10,15H,1-2H3,(H2,19,20,21). The van der Waals surface area contributed by atoms with E-state index in [0.29, 0.717) is 0 Å². The molecule has 4 heteroatoms. The molecule has 0 aliphatic heterocycles. The first-order valence-corrected chi connectivity index (χ1v) is 7.33. The number of aromatic amines is 2. The highest BCUT2D eigenvalue weighted by Crippen LogP contribution is 2.41. The molecular weight excluding hydrogens is 284 g/mol. The summed E-state index contributed by atoms with van der Waals surface area (Å²) in [6, 6.07) is 16.0. The van der Waals surface area contributed by atoms with Gasteiger partial charge in [-0.3, -0.25) is 0 Å². The van der Waals surface area contributed by atoms with Crippen LogP contribution in [0.3, 0.4) is 0 Å². The quantitative estimate of drug-likeness (QED) is 0.703. The molecule has 1 unspecified atom stereocenters. The Kier molecular flexibility index (Phi) is 3.38. The van der Waals surface area contributed by atoms with E-state index in [1.54, 1.807) is 0 Å². The molecule has 0 aliphatic rings. The van der Waals surface area contributed by atoms with Gasteiger partial charge in [0.1, 0.15) is 0 Å². The second kappa shape index (κ2) is 5.08. The Hall–Kier alpha value is -2.00. The second-order valence-electron chi connectivity index (χ2n) is 5.83. The van der Waals surface area contributed by atoms with E-state index in [4.69, 9.17) is 11.6 Å². The van der Waals surface area contributed by atoms with E-state index >= 15 is 0 Å². The molecule has 0 saturated heterocycles. The van der Waals surface area contributed by atoms with Crippen LogP contribution in [0.15, 0.2) is 53.3 Å². The number of nitrogens with one attached hydrogen (secondary N) is 2. The lowest BCUT2D eigenvalue weighted by Gasteiger charge is -2.31. The number of hydrogen-bond donors (Lipinski definition) is 2. The number of rotatable bonds is 3. The molecular formula is C17H17ClN2O. The summed E-state index contributed by atoms with van der Waals surface area (Å²) in [5.41, 5.74) is 3.35. The fourth-order valence-corrected chi connectivity index (χ4v) is 2.90. The third-order valence-corrected chi connectivity index (χ3v) is 4.78. The largest absolute Gasteiger partial charge is 0.323 e. The van der Waals surface area contributed by atoms with Crippen molar-refractivity contribution in [3.63, 3.8) is 0 Å². The van der Waals surface area contributed by atoms with E-state index in [1.807, 2.05) is 36.4 Å². The third-order valence-electron chi connectivity index (χ3n) is 3.98. The lowest BCUT2D eigenvalue weighted by molar-refractivity contribution is 0.504. The lowest BCUT2D eigenvalue weighted by Crippen LogP contribution is -2.23. The minimum Gasteiger partial charge on any atom is -0.306 e. The van der Waals surface area contributed by atoms with Crippen molar-refractivity contribution in [2.24, 2.45) is 0 Å². The van der Waals surface area contributed by atoms with Crippen molar-refractivity contribution >= 4 is 22.6 Å². The molecule has 0 amide bonds. The molecule has 0 fully saturated rings. The summed E-state index contributed by atoms with van der Waals surface area (Å²) in [5.74, 6) is 0. The van der Waals surface area contributed by atoms with Crippen molar-refractivity contribution in [2.75, 3.05) is 0 Å². The first-order valence-electron chi connectivity index (χ1n) is 6.90. The fraction of sp³-hybridized carbons (Fsp3) is 0.235. The number of aromatic nitrogens is 2. The molecule has 2 aromatic carbocycles. The van der Waals surface area contributed by atoms with Gasteiger partial charge in [0.05, 0.1) is 16.4 Å². The van der Waals surface area contributed by atoms with Crippen molar-refractivity contribution in [3.05, 3.63) is 70.1 Å². The van der Waals surface area contributed by atoms with Crippen molar-refractivity contribution < 1.29 is 0 Å². The van der Waals surface area contributed by atoms with Gasteiger partial charge in [0.25, 0.3) is 0 Å². The summed E-state index contributed by atoms with van der Waals surface area (Å²) < 4.78 is 0. The van der Waals surface area contributed by atoms with Crippen LogP contribution in [0.5, 0.6) is 0 Å². The lowest BCUT2D eigenvalue weighted by atomic mass is 9.78. The van der Waals surface area contributed by atoms with E-state index in [0.717, 1.165) is 16.6 Å². The van der Waals surface area contributed by atoms with Crippen LogP contribution in [0.2, 0.25) is 0 Å². The number of imidazole rings is 1. The monoisotopic (exact) mass is 300 g/mol. The molecule has 1 atom stereocenters. The molecule has 2 N–H and O–H groups in total. The van der Waals surface area contributed by atoms with Crippen LogP contribution in [0, 0.1) is 0 Å². The van der Waals surface area contributed by atoms with E-state index in [9.17, 15) is 4.79 Å². The van der Waals surface area contributed by atoms with Crippen LogP contribution in [0.1, 0.15) is 30.4 Å². The van der Waals surface area contributed by atoms with Gasteiger partial charge in [0.2, 0.25) is 0 Å². The number of H-pyrrole nitrogens is 2. The second-order valence-corrected chi connectivity index (χ2v) is 6.27. The van der Waals surface area contributed by atoms with Crippen LogP contribution in [0.25, 0.3) is 11.0 Å². The SMILES string of the molecule is CC(C)(c1ccccc1)C(Cl)c1ccc2[nH]c(=O)[nH]c2c1. The predicted molar refractivity (Wildman–Crippen MR) is 87.0 cm³/mol. The van der Waals surface area contributed by atoms with E-state index in [-0.39, 0.29) is 16.5 Å². The number of benzene rings is 2. The summed E-state index contributed by atoms with van der Waals surface area (Å²) in [7, 11) is 0. The van der Waals surface area contributed by atoms with Crippen LogP contribution in [-0.4, -0.2) is 9.97 Å². The molecule has 3 rings (SSSR count). The maximum absolute atomic E-state index is 11.3. The van der Waals surface area contributed by atoms with E-state index in [1.165, 1.54) is 5.56 Å². The zero-order valence-corrected chi connectivity index (χ0v) is 12.7. The first kappa shape index (κ1) is 14.0. The van der Waals surface area contributed by atoms with Crippen molar-refractivity contribution in [1.82, 2.24) is 9.97 Å². The average molecular weight is 301 g/mol. The minimum absolute atomic E-state index is 0.192. The van der Waals surface area contributed by atoms with Gasteiger partial charge in [-0.05, 0) is 23.3 Å². The van der Waals surface area contributed by atoms with Gasteiger partial charge in [-0.15, -0.1) is 11.6 Å². The molecule has 0 bridgehead atoms. The maximum Gasteiger partial charge on any atom is 0.323 e. The molecule has 108 valence electrons. The molecule has 0 spiro atoms. The normalized spacial score (nSPS) is 13.5. The fourth-order valence-electron chi connectivity index (χ4n) is 2.64. The number of halogens is 1. The van der Waals surface area contributed by atoms with Crippen LogP contribution in [-0.2, 0) is 5.41 Å². The highest BCUT2D eigenvalue weighted by molar-refractivity contribution is 6.21. The number of fused-ring (bicyclic) bond motifs is 1. The van der Waals surface area contributed by atoms with Gasteiger partial charge in [0.15, 0.2) is 0 Å². The summed E-state index contributed by atoms with van der Waals surface area (Å²) >= 11 is 6.74. The molecule has 21 heavy (non-hydrogen) atoms. The zero-order valence-electron chi connectivity index (χ0n) is 12.0. The summed E-state index contributed by atoms with van der Waals surface area (Å²) in [4.78, 5) is 16.9. The zero-order chi connectivity index (χ0) is 15.0. The average Bonchev–Trinajstić information content (AvgIpc) is 2.86. The Bertz CT molecular complexity index is 817. The van der Waals surface area contributed by atoms with E-state index in [2.05, 4.69) is 35.9 Å². The molecule has 1 heterocycles. The topological polar surface area (TPSA) is 48.6 Å². The summed E-state index contributed by atoms with van der Waals surface area (Å²) in [6.45, 7) is 4.26. The summed E-state index contributed by atoms with van der Waals surface area (Å²) in [6.07, 6.45) is 0. The van der Waals surface area contributed by atoms with Crippen molar-refractivity contribution in [1.29, 1.82) is 0 Å². The Balaban J connectivity index is 2.02. The Labute approximate surface area is 128 Å². The van der Waals surface area contributed by atoms with E-state index < -0.39 is 0 Å². The highest BCUT2D eigenvalue weighted by atomic mass is 35.5. The van der Waals surface area contributed by atoms with Gasteiger partial charge in [-0.1, -0.05) is 50.2 Å². The Morgan fingerprint density at radius 2 is 1.67 bits per heavy atom. The maximum atomic E-state index is 11.3. The van der Waals surface area contributed by atoms with Crippen LogP contribution >= 0.6 is 11.6 Å². The molecule has 0 saturated carbocycles. The molecule has 0 radical (unpaired) electrons. The van der Waals surface area contributed by atoms with Crippen molar-refractivity contribution in [3.8, 4) is 0 Å². The van der Waals surface area contributed by atoms with Crippen molar-refractivity contribution in [2.45, 2.75) is 24.6 Å². The molecule has 0 aliphatic carbocycles. The highest BCUT2D eigenvalue weighted by Gasteiger charge is 2.31. The van der Waals surface area contributed by atoms with Gasteiger partial charge in [-0.25, -0.2) is 4.79 Å². The smallest absolute Gasteiger partial charge is 0.306 e. The van der Waals surface area contributed by atoms with Crippen LogP contribution < -0.4 is 5.69 Å². The molecule has 3 aromatic rings. The summed E-state index contributed by atoms with van der Waals surface area (Å²) in [5, 5.41) is -0.192. The number of hydrogen-bond acceptors (Lipinski definition) is 1. The minimum atomic E-state index is -0.215. The van der Waals surface area contributed by atoms with Gasteiger partial charge < -0.3 is 9.97 Å². The molecule has 3 nitrogen and oxygen atoms in total. The van der Waals surface area contributed by atoms with Gasteiger partial charge >= 0.3 is 5.69 Å². The Morgan fingerprint density at radius 3 is 2.38 bits per heavy atom. The first-order chi connectivity index (χ1) is 9.98. The van der Waals surface area contributed by atoms with Gasteiger partial charge in [0, 0.05) is 5.41 Å². The van der Waals surface area contributed by atoms with Gasteiger partial charge in [-0.2, -0.15) is 0 Å². The third kappa shape index (κ3) is 2.49. The van der Waals surface area contributed by atoms with Crippen LogP contribution in [0.4, 0.5) is 0 Å². The molecule has 1 aromatic heterocycles. The predicted octanol–water partition coefficient (Wildman–Crippen LogP) is 4.11.